The molecule has 0 fully saturated rings. The average Bonchev–Trinajstić information content (AvgIpc) is 3.06. The van der Waals surface area contributed by atoms with E-state index in [1.54, 1.807) is 48.3 Å². The summed E-state index contributed by atoms with van der Waals surface area (Å²) >= 11 is 0. The molecule has 2 N–H and O–H groups in total. The highest BCUT2D eigenvalue weighted by molar-refractivity contribution is 5.96. The number of rotatable bonds is 6. The number of nitrogens with one attached hydrogen (secondary N) is 1. The smallest absolute Gasteiger partial charge is 0.326 e. The van der Waals surface area contributed by atoms with E-state index in [-0.39, 0.29) is 5.92 Å². The van der Waals surface area contributed by atoms with Gasteiger partial charge in [-0.3, -0.25) is 4.79 Å². The van der Waals surface area contributed by atoms with Crippen molar-refractivity contribution in [3.05, 3.63) is 42.2 Å². The Morgan fingerprint density at radius 2 is 2.00 bits per heavy atom. The maximum Gasteiger partial charge on any atom is 0.326 e. The number of carboxylic acids is 1. The van der Waals surface area contributed by atoms with Crippen molar-refractivity contribution in [3.8, 4) is 5.69 Å². The summed E-state index contributed by atoms with van der Waals surface area (Å²) in [7, 11) is 0. The Bertz CT molecular complexity index is 637. The SMILES string of the molecule is CCC(C)C(NC(=O)c1ccc(-n2ccnn2)cc1)C(=O)O. The van der Waals surface area contributed by atoms with Crippen LogP contribution >= 0.6 is 0 Å². The van der Waals surface area contributed by atoms with Crippen molar-refractivity contribution in [2.24, 2.45) is 5.92 Å². The minimum Gasteiger partial charge on any atom is -0.480 e. The quantitative estimate of drug-likeness (QED) is 0.842. The molecule has 2 unspecified atom stereocenters. The van der Waals surface area contributed by atoms with Crippen LogP contribution in [0.25, 0.3) is 5.69 Å². The van der Waals surface area contributed by atoms with E-state index >= 15 is 0 Å². The maximum absolute atomic E-state index is 12.2. The zero-order valence-electron chi connectivity index (χ0n) is 12.4. The number of aromatic nitrogens is 3. The molecule has 1 amide bonds. The van der Waals surface area contributed by atoms with Gasteiger partial charge in [-0.25, -0.2) is 9.48 Å². The second-order valence-corrected chi connectivity index (χ2v) is 5.07. The Balaban J connectivity index is 2.11. The van der Waals surface area contributed by atoms with E-state index in [2.05, 4.69) is 15.6 Å². The summed E-state index contributed by atoms with van der Waals surface area (Å²) in [5.41, 5.74) is 1.17. The second kappa shape index (κ2) is 6.84. The van der Waals surface area contributed by atoms with Crippen molar-refractivity contribution >= 4 is 11.9 Å². The fraction of sp³-hybridized carbons (Fsp3) is 0.333. The van der Waals surface area contributed by atoms with E-state index in [0.29, 0.717) is 12.0 Å². The summed E-state index contributed by atoms with van der Waals surface area (Å²) in [6.45, 7) is 3.69. The summed E-state index contributed by atoms with van der Waals surface area (Å²) in [6, 6.07) is 5.81. The van der Waals surface area contributed by atoms with Crippen molar-refractivity contribution < 1.29 is 14.7 Å². The van der Waals surface area contributed by atoms with Crippen molar-refractivity contribution in [1.82, 2.24) is 20.3 Å². The van der Waals surface area contributed by atoms with Crippen molar-refractivity contribution in [2.45, 2.75) is 26.3 Å². The van der Waals surface area contributed by atoms with E-state index in [9.17, 15) is 14.7 Å². The fourth-order valence-electron chi connectivity index (χ4n) is 2.02. The molecule has 1 aromatic carbocycles. The molecule has 0 radical (unpaired) electrons. The summed E-state index contributed by atoms with van der Waals surface area (Å²) in [5.74, 6) is -1.57. The molecule has 7 heteroatoms. The number of hydrogen-bond acceptors (Lipinski definition) is 4. The molecule has 0 saturated heterocycles. The average molecular weight is 302 g/mol. The van der Waals surface area contributed by atoms with E-state index in [1.807, 2.05) is 6.92 Å². The lowest BCUT2D eigenvalue weighted by Gasteiger charge is -2.20. The van der Waals surface area contributed by atoms with Crippen molar-refractivity contribution in [2.75, 3.05) is 0 Å². The van der Waals surface area contributed by atoms with Crippen LogP contribution < -0.4 is 5.32 Å². The van der Waals surface area contributed by atoms with E-state index in [0.717, 1.165) is 5.69 Å². The number of carbonyl (C=O) groups is 2. The molecule has 7 nitrogen and oxygen atoms in total. The molecular weight excluding hydrogens is 284 g/mol. The molecule has 0 saturated carbocycles. The largest absolute Gasteiger partial charge is 0.480 e. The van der Waals surface area contributed by atoms with Gasteiger partial charge in [0.2, 0.25) is 0 Å². The van der Waals surface area contributed by atoms with Gasteiger partial charge in [0.1, 0.15) is 6.04 Å². The maximum atomic E-state index is 12.2. The molecule has 2 atom stereocenters. The van der Waals surface area contributed by atoms with E-state index < -0.39 is 17.9 Å². The molecular formula is C15H18N4O3. The van der Waals surface area contributed by atoms with Crippen LogP contribution in [0.1, 0.15) is 30.6 Å². The Labute approximate surface area is 128 Å². The highest BCUT2D eigenvalue weighted by Gasteiger charge is 2.25. The highest BCUT2D eigenvalue weighted by Crippen LogP contribution is 2.11. The highest BCUT2D eigenvalue weighted by atomic mass is 16.4. The molecule has 2 rings (SSSR count). The van der Waals surface area contributed by atoms with E-state index in [4.69, 9.17) is 0 Å². The summed E-state index contributed by atoms with van der Waals surface area (Å²) in [5, 5.41) is 19.3. The summed E-state index contributed by atoms with van der Waals surface area (Å²) < 4.78 is 1.57. The van der Waals surface area contributed by atoms with Crippen LogP contribution in [0.5, 0.6) is 0 Å². The number of nitrogens with zero attached hydrogens (tertiary/aromatic N) is 3. The molecule has 22 heavy (non-hydrogen) atoms. The number of amides is 1. The van der Waals surface area contributed by atoms with Crippen molar-refractivity contribution in [1.29, 1.82) is 0 Å². The zero-order chi connectivity index (χ0) is 16.1. The molecule has 0 aliphatic rings. The number of hydrogen-bond donors (Lipinski definition) is 2. The van der Waals surface area contributed by atoms with Gasteiger partial charge in [-0.05, 0) is 30.2 Å². The van der Waals surface area contributed by atoms with E-state index in [1.165, 1.54) is 0 Å². The standard InChI is InChI=1S/C15H18N4O3/c1-3-10(2)13(15(21)22)17-14(20)11-4-6-12(7-5-11)19-9-8-16-18-19/h4-10,13H,3H2,1-2H3,(H,17,20)(H,21,22). The lowest BCUT2D eigenvalue weighted by Crippen LogP contribution is -2.45. The first-order chi connectivity index (χ1) is 10.5. The number of aliphatic carboxylic acids is 1. The van der Waals surface area contributed by atoms with Gasteiger partial charge in [-0.15, -0.1) is 5.10 Å². The molecule has 0 spiro atoms. The van der Waals surface area contributed by atoms with Crippen LogP contribution in [0.4, 0.5) is 0 Å². The summed E-state index contributed by atoms with van der Waals surface area (Å²) in [4.78, 5) is 23.4. The topological polar surface area (TPSA) is 97.1 Å². The van der Waals surface area contributed by atoms with Gasteiger partial charge in [0.25, 0.3) is 5.91 Å². The Morgan fingerprint density at radius 1 is 1.32 bits per heavy atom. The van der Waals surface area contributed by atoms with Gasteiger partial charge in [0.15, 0.2) is 0 Å². The normalized spacial score (nSPS) is 13.4. The first-order valence-corrected chi connectivity index (χ1v) is 7.03. The van der Waals surface area contributed by atoms with Crippen LogP contribution in [0.2, 0.25) is 0 Å². The van der Waals surface area contributed by atoms with Crippen LogP contribution in [0, 0.1) is 5.92 Å². The fourth-order valence-corrected chi connectivity index (χ4v) is 2.02. The monoisotopic (exact) mass is 302 g/mol. The third-order valence-electron chi connectivity index (χ3n) is 3.58. The molecule has 1 heterocycles. The van der Waals surface area contributed by atoms with Crippen LogP contribution in [-0.4, -0.2) is 38.0 Å². The predicted molar refractivity (Wildman–Crippen MR) is 79.7 cm³/mol. The van der Waals surface area contributed by atoms with Gasteiger partial charge in [0.05, 0.1) is 18.1 Å². The molecule has 2 aromatic rings. The van der Waals surface area contributed by atoms with Gasteiger partial charge in [-0.2, -0.15) is 0 Å². The minimum absolute atomic E-state index is 0.143. The van der Waals surface area contributed by atoms with Gasteiger partial charge < -0.3 is 10.4 Å². The molecule has 1 aromatic heterocycles. The van der Waals surface area contributed by atoms with Crippen molar-refractivity contribution in [3.63, 3.8) is 0 Å². The third-order valence-corrected chi connectivity index (χ3v) is 3.58. The number of carboxylic acid groups (broad SMARTS) is 1. The zero-order valence-corrected chi connectivity index (χ0v) is 12.4. The number of carbonyl (C=O) groups excluding carboxylic acids is 1. The van der Waals surface area contributed by atoms with Crippen LogP contribution in [0.3, 0.4) is 0 Å². The molecule has 0 bridgehead atoms. The molecule has 0 aliphatic carbocycles. The van der Waals surface area contributed by atoms with Crippen LogP contribution in [0.15, 0.2) is 36.7 Å². The summed E-state index contributed by atoms with van der Waals surface area (Å²) in [6.07, 6.45) is 3.92. The predicted octanol–water partition coefficient (Wildman–Crippen LogP) is 1.50. The Hall–Kier alpha value is -2.70. The minimum atomic E-state index is -1.03. The van der Waals surface area contributed by atoms with Gasteiger partial charge in [0, 0.05) is 5.56 Å². The van der Waals surface area contributed by atoms with Crippen LogP contribution in [-0.2, 0) is 4.79 Å². The van der Waals surface area contributed by atoms with Gasteiger partial charge in [-0.1, -0.05) is 25.5 Å². The Morgan fingerprint density at radius 3 is 2.50 bits per heavy atom. The van der Waals surface area contributed by atoms with Gasteiger partial charge >= 0.3 is 5.97 Å². The lowest BCUT2D eigenvalue weighted by atomic mass is 9.99. The first-order valence-electron chi connectivity index (χ1n) is 7.03. The lowest BCUT2D eigenvalue weighted by molar-refractivity contribution is -0.140. The Kier molecular flexibility index (Phi) is 4.88. The molecule has 0 aliphatic heterocycles. The third kappa shape index (κ3) is 3.49. The number of benzene rings is 1. The first kappa shape index (κ1) is 15.7. The second-order valence-electron chi connectivity index (χ2n) is 5.07. The molecule has 116 valence electrons.